The summed E-state index contributed by atoms with van der Waals surface area (Å²) in [5.41, 5.74) is 2.24. The maximum atomic E-state index is 13.0. The number of methoxy groups -OCH3 is 2. The number of benzene rings is 1. The van der Waals surface area contributed by atoms with Gasteiger partial charge >= 0.3 is 11.9 Å². The van der Waals surface area contributed by atoms with Crippen LogP contribution in [-0.2, 0) is 19.1 Å². The number of hydrazone groups is 1. The van der Waals surface area contributed by atoms with E-state index in [0.29, 0.717) is 10.6 Å². The van der Waals surface area contributed by atoms with Crippen LogP contribution in [0.25, 0.3) is 0 Å². The van der Waals surface area contributed by atoms with E-state index in [1.54, 1.807) is 6.08 Å². The topological polar surface area (TPSA) is 71.4 Å². The van der Waals surface area contributed by atoms with Crippen LogP contribution in [0, 0.1) is 0 Å². The highest BCUT2D eigenvalue weighted by molar-refractivity contribution is 8.16. The van der Waals surface area contributed by atoms with Gasteiger partial charge in [-0.25, -0.2) is 4.79 Å². The molecule has 1 aromatic carbocycles. The molecule has 0 radical (unpaired) electrons. The number of hydrogen-bond donors (Lipinski definition) is 0. The van der Waals surface area contributed by atoms with Crippen molar-refractivity contribution >= 4 is 34.4 Å². The molecule has 0 amide bonds. The lowest BCUT2D eigenvalue weighted by molar-refractivity contribution is -0.147. The maximum absolute atomic E-state index is 13.0. The molecular formula is C20H21N3O4S. The van der Waals surface area contributed by atoms with E-state index in [1.807, 2.05) is 60.4 Å². The third-order valence-corrected chi connectivity index (χ3v) is 6.68. The molecule has 4 bridgehead atoms. The van der Waals surface area contributed by atoms with Crippen LogP contribution in [-0.4, -0.2) is 67.1 Å². The van der Waals surface area contributed by atoms with Gasteiger partial charge in [-0.15, -0.1) is 0 Å². The fraction of sp³-hybridized carbons (Fsp3) is 0.350. The number of thioether (sulfide) groups is 1. The SMILES string of the molecule is COC(=O)C1=CC2C=CC3N2N=C(c2ccc(N(C)C)cc2)SC13C(=O)OC. The van der Waals surface area contributed by atoms with E-state index in [2.05, 4.69) is 0 Å². The van der Waals surface area contributed by atoms with E-state index < -0.39 is 22.7 Å². The fourth-order valence-corrected chi connectivity index (χ4v) is 5.21. The van der Waals surface area contributed by atoms with Crippen LogP contribution in [0.4, 0.5) is 5.69 Å². The fourth-order valence-electron chi connectivity index (χ4n) is 3.78. The molecule has 7 nitrogen and oxygen atoms in total. The molecule has 28 heavy (non-hydrogen) atoms. The van der Waals surface area contributed by atoms with Gasteiger partial charge in [-0.3, -0.25) is 9.80 Å². The molecule has 0 aromatic heterocycles. The first kappa shape index (κ1) is 18.6. The Kier molecular flexibility index (Phi) is 4.45. The number of ether oxygens (including phenoxy) is 2. The first-order valence-corrected chi connectivity index (χ1v) is 9.65. The summed E-state index contributed by atoms with van der Waals surface area (Å²) in [7, 11) is 6.60. The van der Waals surface area contributed by atoms with E-state index in [4.69, 9.17) is 14.6 Å². The Bertz CT molecular complexity index is 922. The van der Waals surface area contributed by atoms with Crippen LogP contribution in [0.3, 0.4) is 0 Å². The number of carbonyl (C=O) groups excluding carboxylic acids is 2. The number of esters is 2. The van der Waals surface area contributed by atoms with Crippen LogP contribution >= 0.6 is 11.8 Å². The minimum absolute atomic E-state index is 0.200. The average molecular weight is 399 g/mol. The van der Waals surface area contributed by atoms with Crippen molar-refractivity contribution in [3.63, 3.8) is 0 Å². The predicted molar refractivity (Wildman–Crippen MR) is 108 cm³/mol. The molecule has 8 heteroatoms. The number of hydrogen-bond acceptors (Lipinski definition) is 8. The summed E-state index contributed by atoms with van der Waals surface area (Å²) in [6.07, 6.45) is 5.60. The normalized spacial score (nSPS) is 27.1. The molecule has 3 unspecified atom stereocenters. The Morgan fingerprint density at radius 3 is 2.46 bits per heavy atom. The molecule has 0 aliphatic carbocycles. The summed E-state index contributed by atoms with van der Waals surface area (Å²) in [5.74, 6) is -1.02. The lowest BCUT2D eigenvalue weighted by Gasteiger charge is -2.47. The van der Waals surface area contributed by atoms with Gasteiger partial charge in [-0.05, 0) is 18.2 Å². The molecule has 1 aromatic rings. The molecule has 0 spiro atoms. The van der Waals surface area contributed by atoms with Crippen LogP contribution < -0.4 is 4.90 Å². The van der Waals surface area contributed by atoms with Crippen molar-refractivity contribution in [3.05, 3.63) is 53.6 Å². The summed E-state index contributed by atoms with van der Waals surface area (Å²) in [6, 6.07) is 7.31. The lowest BCUT2D eigenvalue weighted by atomic mass is 9.87. The largest absolute Gasteiger partial charge is 0.468 e. The Labute approximate surface area is 167 Å². The average Bonchev–Trinajstić information content (AvgIpc) is 3.03. The van der Waals surface area contributed by atoms with Crippen molar-refractivity contribution in [2.45, 2.75) is 16.8 Å². The van der Waals surface area contributed by atoms with Crippen molar-refractivity contribution in [2.24, 2.45) is 5.10 Å². The van der Waals surface area contributed by atoms with Crippen molar-refractivity contribution in [3.8, 4) is 0 Å². The summed E-state index contributed by atoms with van der Waals surface area (Å²) >= 11 is 1.24. The first-order valence-electron chi connectivity index (χ1n) is 8.83. The summed E-state index contributed by atoms with van der Waals surface area (Å²) in [4.78, 5) is 27.6. The van der Waals surface area contributed by atoms with Crippen LogP contribution in [0.15, 0.2) is 53.2 Å². The molecule has 0 saturated heterocycles. The van der Waals surface area contributed by atoms with Gasteiger partial charge in [-0.1, -0.05) is 36.0 Å². The van der Waals surface area contributed by atoms with Gasteiger partial charge in [0.25, 0.3) is 0 Å². The highest BCUT2D eigenvalue weighted by atomic mass is 32.2. The molecule has 3 atom stereocenters. The number of anilines is 1. The van der Waals surface area contributed by atoms with Crippen molar-refractivity contribution in [2.75, 3.05) is 33.2 Å². The van der Waals surface area contributed by atoms with Gasteiger partial charge in [0.1, 0.15) is 5.04 Å². The molecule has 0 saturated carbocycles. The Morgan fingerprint density at radius 1 is 1.14 bits per heavy atom. The molecule has 3 heterocycles. The molecule has 3 aliphatic rings. The zero-order valence-corrected chi connectivity index (χ0v) is 16.9. The molecule has 0 N–H and O–H groups in total. The minimum Gasteiger partial charge on any atom is -0.468 e. The van der Waals surface area contributed by atoms with Gasteiger partial charge in [0.2, 0.25) is 0 Å². The highest BCUT2D eigenvalue weighted by Crippen LogP contribution is 2.51. The summed E-state index contributed by atoms with van der Waals surface area (Å²) in [6.45, 7) is 0. The summed E-state index contributed by atoms with van der Waals surface area (Å²) < 4.78 is 8.87. The van der Waals surface area contributed by atoms with Gasteiger partial charge in [0.05, 0.1) is 31.9 Å². The zero-order chi connectivity index (χ0) is 20.1. The molecule has 4 rings (SSSR count). The standard InChI is InChI=1S/C20H21N3O4S/c1-22(2)13-7-5-12(6-8-13)17-21-23-14-9-10-16(23)20(28-17,19(25)27-4)15(11-14)18(24)26-3/h5-11,14,16H,1-4H3. The van der Waals surface area contributed by atoms with E-state index in [0.717, 1.165) is 11.3 Å². The van der Waals surface area contributed by atoms with Gasteiger partial charge in [0, 0.05) is 25.3 Å². The first-order chi connectivity index (χ1) is 13.4. The van der Waals surface area contributed by atoms with Crippen molar-refractivity contribution in [1.29, 1.82) is 0 Å². The van der Waals surface area contributed by atoms with Crippen molar-refractivity contribution in [1.82, 2.24) is 5.01 Å². The van der Waals surface area contributed by atoms with Gasteiger partial charge in [0.15, 0.2) is 4.75 Å². The number of carbonyl (C=O) groups is 2. The molecular weight excluding hydrogens is 378 g/mol. The summed E-state index contributed by atoms with van der Waals surface area (Å²) in [5, 5.41) is 7.30. The van der Waals surface area contributed by atoms with Crippen molar-refractivity contribution < 1.29 is 19.1 Å². The van der Waals surface area contributed by atoms with E-state index >= 15 is 0 Å². The molecule has 3 aliphatic heterocycles. The third-order valence-electron chi connectivity index (χ3n) is 5.22. The maximum Gasteiger partial charge on any atom is 0.335 e. The highest BCUT2D eigenvalue weighted by Gasteiger charge is 2.62. The zero-order valence-electron chi connectivity index (χ0n) is 16.1. The number of rotatable bonds is 4. The van der Waals surface area contributed by atoms with E-state index in [9.17, 15) is 9.59 Å². The van der Waals surface area contributed by atoms with E-state index in [-0.39, 0.29) is 6.04 Å². The van der Waals surface area contributed by atoms with Crippen LogP contribution in [0.5, 0.6) is 0 Å². The Hall–Kier alpha value is -2.74. The molecule has 146 valence electrons. The van der Waals surface area contributed by atoms with Gasteiger partial charge in [-0.2, -0.15) is 5.10 Å². The molecule has 0 fully saturated rings. The van der Waals surface area contributed by atoms with Gasteiger partial charge < -0.3 is 14.4 Å². The Morgan fingerprint density at radius 2 is 1.86 bits per heavy atom. The second-order valence-electron chi connectivity index (χ2n) is 6.95. The quantitative estimate of drug-likeness (QED) is 0.565. The smallest absolute Gasteiger partial charge is 0.335 e. The monoisotopic (exact) mass is 399 g/mol. The second kappa shape index (κ2) is 6.70. The number of nitrogens with zero attached hydrogens (tertiary/aromatic N) is 3. The third kappa shape index (κ3) is 2.55. The minimum atomic E-state index is -1.26. The second-order valence-corrected chi connectivity index (χ2v) is 8.18. The lowest BCUT2D eigenvalue weighted by Crippen LogP contribution is -2.61. The van der Waals surface area contributed by atoms with Crippen LogP contribution in [0.2, 0.25) is 0 Å². The predicted octanol–water partition coefficient (Wildman–Crippen LogP) is 1.79. The Balaban J connectivity index is 1.82. The van der Waals surface area contributed by atoms with Crippen LogP contribution in [0.1, 0.15) is 5.56 Å². The van der Waals surface area contributed by atoms with E-state index in [1.165, 1.54) is 26.0 Å².